The van der Waals surface area contributed by atoms with Crippen molar-refractivity contribution in [2.75, 3.05) is 0 Å². The minimum atomic E-state index is 0.772. The second-order valence-electron chi connectivity index (χ2n) is 8.60. The third kappa shape index (κ3) is 8.27. The maximum atomic E-state index is 5.81. The highest BCUT2D eigenvalue weighted by atomic mass is 16.3. The van der Waals surface area contributed by atoms with Gasteiger partial charge in [0, 0.05) is 0 Å². The molecule has 0 unspecified atom stereocenters. The Balaban J connectivity index is 1.30. The number of rotatable bonds is 0. The molecule has 4 heteroatoms. The van der Waals surface area contributed by atoms with Gasteiger partial charge in [-0.05, 0) is 97.1 Å². The van der Waals surface area contributed by atoms with Crippen molar-refractivity contribution >= 4 is 48.6 Å². The highest BCUT2D eigenvalue weighted by Gasteiger charge is 1.97. The first-order chi connectivity index (χ1) is 19.8. The SMILES string of the molecule is C1=CC=Cc2ccc(o2)C=CC=Cc2ccc(o2)C=CC=CC=Cc2ccc(o2)C=CC=Cc2ccc(o2)C=C1. The maximum Gasteiger partial charge on any atom is 0.127 e. The highest BCUT2D eigenvalue weighted by Crippen LogP contribution is 2.15. The van der Waals surface area contributed by atoms with Gasteiger partial charge >= 0.3 is 0 Å². The Morgan fingerprint density at radius 1 is 0.200 bits per heavy atom. The summed E-state index contributed by atoms with van der Waals surface area (Å²) in [5.41, 5.74) is 0. The van der Waals surface area contributed by atoms with Crippen molar-refractivity contribution in [3.63, 3.8) is 0 Å². The van der Waals surface area contributed by atoms with E-state index in [0.29, 0.717) is 0 Å². The molecular weight excluding hydrogens is 496 g/mol. The van der Waals surface area contributed by atoms with Crippen LogP contribution in [0.4, 0.5) is 0 Å². The molecule has 0 atom stereocenters. The highest BCUT2D eigenvalue weighted by molar-refractivity contribution is 5.58. The van der Waals surface area contributed by atoms with Crippen molar-refractivity contribution in [1.29, 1.82) is 0 Å². The third-order valence-electron chi connectivity index (χ3n) is 5.56. The summed E-state index contributed by atoms with van der Waals surface area (Å²) >= 11 is 0. The van der Waals surface area contributed by atoms with Crippen LogP contribution < -0.4 is 0 Å². The Morgan fingerprint density at radius 3 is 0.525 bits per heavy atom. The number of hydrogen-bond donors (Lipinski definition) is 0. The lowest BCUT2D eigenvalue weighted by Gasteiger charge is -1.86. The summed E-state index contributed by atoms with van der Waals surface area (Å²) in [6, 6.07) is 15.5. The second kappa shape index (κ2) is 13.9. The van der Waals surface area contributed by atoms with E-state index in [2.05, 4.69) is 0 Å². The molecule has 1 aliphatic heterocycles. The first-order valence-electron chi connectivity index (χ1n) is 12.9. The lowest BCUT2D eigenvalue weighted by atomic mass is 10.3. The largest absolute Gasteiger partial charge is 0.457 e. The molecule has 5 rings (SSSR count). The summed E-state index contributed by atoms with van der Waals surface area (Å²) in [5, 5.41) is 0. The lowest BCUT2D eigenvalue weighted by Crippen LogP contribution is -1.64. The first-order valence-corrected chi connectivity index (χ1v) is 12.9. The summed E-state index contributed by atoms with van der Waals surface area (Å²) in [4.78, 5) is 0. The van der Waals surface area contributed by atoms with Crippen LogP contribution in [-0.4, -0.2) is 0 Å². The molecule has 0 aromatic carbocycles. The summed E-state index contributed by atoms with van der Waals surface area (Å²) in [6.45, 7) is 0. The summed E-state index contributed by atoms with van der Waals surface area (Å²) < 4.78 is 23.3. The quantitative estimate of drug-likeness (QED) is 0.230. The number of fused-ring (bicyclic) bond motifs is 8. The van der Waals surface area contributed by atoms with Gasteiger partial charge in [-0.2, -0.15) is 0 Å². The molecule has 0 N–H and O–H groups in total. The number of furan rings is 4. The summed E-state index contributed by atoms with van der Waals surface area (Å²) in [7, 11) is 0. The van der Waals surface area contributed by atoms with Gasteiger partial charge in [-0.3, -0.25) is 0 Å². The fourth-order valence-electron chi connectivity index (χ4n) is 3.65. The molecule has 4 aromatic rings. The Labute approximate surface area is 233 Å². The summed E-state index contributed by atoms with van der Waals surface area (Å²) in [5.74, 6) is 6.20. The van der Waals surface area contributed by atoms with Crippen molar-refractivity contribution in [3.05, 3.63) is 168 Å². The smallest absolute Gasteiger partial charge is 0.127 e. The van der Waals surface area contributed by atoms with Crippen LogP contribution in [0.25, 0.3) is 48.6 Å². The molecule has 0 saturated carbocycles. The topological polar surface area (TPSA) is 52.6 Å². The Bertz CT molecular complexity index is 1440. The van der Waals surface area contributed by atoms with Crippen molar-refractivity contribution in [2.45, 2.75) is 0 Å². The van der Waals surface area contributed by atoms with E-state index in [1.54, 1.807) is 0 Å². The second-order valence-corrected chi connectivity index (χ2v) is 8.60. The zero-order valence-electron chi connectivity index (χ0n) is 21.8. The molecule has 4 nitrogen and oxygen atoms in total. The fourth-order valence-corrected chi connectivity index (χ4v) is 3.65. The number of hydrogen-bond acceptors (Lipinski definition) is 4. The molecule has 0 spiro atoms. The average Bonchev–Trinajstić information content (AvgIpc) is 3.77. The van der Waals surface area contributed by atoms with Crippen molar-refractivity contribution in [3.8, 4) is 0 Å². The van der Waals surface area contributed by atoms with Crippen molar-refractivity contribution in [1.82, 2.24) is 0 Å². The van der Waals surface area contributed by atoms with Crippen LogP contribution in [0.15, 0.2) is 139 Å². The standard InChI is InChI=1S/C36H28O4/c1-2-6-14-30-22-26-34(38-30)18-11-12-20-36-28-24-32(40-36)16-8-4-3-7-15-31-23-27-35(39-31)19-10-9-17-33-25-21-29(37-33)13-5-1/h1-28H. The Morgan fingerprint density at radius 2 is 0.350 bits per heavy atom. The molecule has 5 heterocycles. The van der Waals surface area contributed by atoms with Crippen LogP contribution in [-0.2, 0) is 0 Å². The molecule has 1 aliphatic rings. The average molecular weight is 525 g/mol. The van der Waals surface area contributed by atoms with Gasteiger partial charge in [0.15, 0.2) is 0 Å². The van der Waals surface area contributed by atoms with Crippen molar-refractivity contribution in [2.24, 2.45) is 0 Å². The van der Waals surface area contributed by atoms with Gasteiger partial charge in [0.05, 0.1) is 0 Å². The predicted octanol–water partition coefficient (Wildman–Crippen LogP) is 10.4. The third-order valence-corrected chi connectivity index (χ3v) is 5.56. The molecule has 0 amide bonds. The summed E-state index contributed by atoms with van der Waals surface area (Å²) in [6.07, 6.45) is 38.4. The minimum Gasteiger partial charge on any atom is -0.457 e. The Hall–Kier alpha value is -5.48. The molecule has 196 valence electrons. The van der Waals surface area contributed by atoms with Gasteiger partial charge in [0.1, 0.15) is 46.1 Å². The van der Waals surface area contributed by atoms with Gasteiger partial charge in [-0.1, -0.05) is 72.9 Å². The molecular formula is C36H28O4. The van der Waals surface area contributed by atoms with Crippen LogP contribution in [0.5, 0.6) is 0 Å². The normalized spacial score (nSPS) is 14.0. The van der Waals surface area contributed by atoms with Crippen LogP contribution in [0.2, 0.25) is 0 Å². The van der Waals surface area contributed by atoms with Crippen molar-refractivity contribution < 1.29 is 17.7 Å². The van der Waals surface area contributed by atoms with E-state index in [9.17, 15) is 0 Å². The van der Waals surface area contributed by atoms with Gasteiger partial charge in [0.2, 0.25) is 0 Å². The van der Waals surface area contributed by atoms with Gasteiger partial charge in [-0.15, -0.1) is 0 Å². The molecule has 0 saturated heterocycles. The maximum absolute atomic E-state index is 5.81. The molecule has 0 radical (unpaired) electrons. The number of allylic oxidation sites excluding steroid dienone is 12. The monoisotopic (exact) mass is 524 g/mol. The van der Waals surface area contributed by atoms with Crippen LogP contribution in [0.1, 0.15) is 46.1 Å². The molecule has 4 aromatic heterocycles. The van der Waals surface area contributed by atoms with Crippen LogP contribution in [0.3, 0.4) is 0 Å². The van der Waals surface area contributed by atoms with E-state index in [0.717, 1.165) is 46.1 Å². The van der Waals surface area contributed by atoms with E-state index in [-0.39, 0.29) is 0 Å². The van der Waals surface area contributed by atoms with Gasteiger partial charge in [0.25, 0.3) is 0 Å². The van der Waals surface area contributed by atoms with Gasteiger partial charge in [-0.25, -0.2) is 0 Å². The van der Waals surface area contributed by atoms with E-state index in [1.807, 2.05) is 170 Å². The fraction of sp³-hybridized carbons (Fsp3) is 0. The lowest BCUT2D eigenvalue weighted by molar-refractivity contribution is 0.546. The van der Waals surface area contributed by atoms with Gasteiger partial charge < -0.3 is 17.7 Å². The molecule has 40 heavy (non-hydrogen) atoms. The van der Waals surface area contributed by atoms with E-state index >= 15 is 0 Å². The zero-order chi connectivity index (χ0) is 27.2. The minimum absolute atomic E-state index is 0.772. The van der Waals surface area contributed by atoms with E-state index in [4.69, 9.17) is 17.7 Å². The molecule has 8 bridgehead atoms. The first kappa shape index (κ1) is 26.1. The van der Waals surface area contributed by atoms with E-state index in [1.165, 1.54) is 0 Å². The molecule has 0 aliphatic carbocycles. The van der Waals surface area contributed by atoms with Crippen LogP contribution in [0, 0.1) is 0 Å². The van der Waals surface area contributed by atoms with Crippen LogP contribution >= 0.6 is 0 Å². The van der Waals surface area contributed by atoms with E-state index < -0.39 is 0 Å². The predicted molar refractivity (Wildman–Crippen MR) is 165 cm³/mol. The zero-order valence-corrected chi connectivity index (χ0v) is 21.8. The Kier molecular flexibility index (Phi) is 9.08. The molecule has 0 fully saturated rings.